The van der Waals surface area contributed by atoms with Crippen LogP contribution < -0.4 is 5.73 Å². The van der Waals surface area contributed by atoms with E-state index in [1.165, 1.54) is 0 Å². The first-order valence-electron chi connectivity index (χ1n) is 23.1. The molecule has 3 aliphatic rings. The molecule has 0 saturated carbocycles. The van der Waals surface area contributed by atoms with E-state index in [2.05, 4.69) is 111 Å². The van der Waals surface area contributed by atoms with E-state index in [1.807, 2.05) is 26.0 Å². The normalized spacial score (nSPS) is 29.8. The van der Waals surface area contributed by atoms with E-state index in [0.29, 0.717) is 56.1 Å². The lowest BCUT2D eigenvalue weighted by Gasteiger charge is -2.63. The molecule has 0 aromatic carbocycles. The van der Waals surface area contributed by atoms with Crippen molar-refractivity contribution >= 4 is 30.5 Å². The van der Waals surface area contributed by atoms with Crippen LogP contribution in [0.5, 0.6) is 0 Å². The summed E-state index contributed by atoms with van der Waals surface area (Å²) in [5.74, 6) is 0.519. The first-order chi connectivity index (χ1) is 27.0. The van der Waals surface area contributed by atoms with E-state index in [0.717, 1.165) is 49.0 Å². The molecule has 338 valence electrons. The van der Waals surface area contributed by atoms with Gasteiger partial charge >= 0.3 is 17.9 Å². The average molecular weight is 842 g/mol. The molecule has 0 aliphatic carbocycles. The molecule has 0 spiro atoms. The van der Waals surface area contributed by atoms with E-state index in [9.17, 15) is 14.4 Å². The minimum Gasteiger partial charge on any atom is -0.458 e. The number of hydrogen-bond donors (Lipinski definition) is 2. The molecular weight excluding hydrogens is 755 g/mol. The fourth-order valence-corrected chi connectivity index (χ4v) is 11.8. The van der Waals surface area contributed by atoms with Crippen LogP contribution in [0.1, 0.15) is 189 Å². The van der Waals surface area contributed by atoms with Crippen molar-refractivity contribution < 1.29 is 28.6 Å². The summed E-state index contributed by atoms with van der Waals surface area (Å²) >= 11 is 5.80. The Morgan fingerprint density at radius 1 is 0.898 bits per heavy atom. The third kappa shape index (κ3) is 9.79. The van der Waals surface area contributed by atoms with E-state index < -0.39 is 38.1 Å². The quantitative estimate of drug-likeness (QED) is 0.0650. The summed E-state index contributed by atoms with van der Waals surface area (Å²) in [5.41, 5.74) is 6.87. The standard InChI is InChI=1S/C51H87NO6S/c1-19-36-22-25-41(57-42(36)53)48(15,30-47(14,21-3)49(16,31-52)40(28-32(4)5)50(17)27-26-37(20-2)43(54)58-50)51(18,59)46(12,13)35(9)38-23-24-39(56-44(38)55)34(8)29-45(10,11)33(6)7/h19-20,32-33,35,38,40-41,59H,21-31,52H2,1-18H3/b36-19+,37-20+,39-34-. The summed E-state index contributed by atoms with van der Waals surface area (Å²) < 4.78 is 18.5. The van der Waals surface area contributed by atoms with Gasteiger partial charge in [0.2, 0.25) is 0 Å². The molecule has 8 heteroatoms. The zero-order valence-electron chi connectivity index (χ0n) is 40.9. The van der Waals surface area contributed by atoms with Crippen LogP contribution in [0.2, 0.25) is 0 Å². The van der Waals surface area contributed by atoms with Crippen LogP contribution >= 0.6 is 12.6 Å². The van der Waals surface area contributed by atoms with E-state index >= 15 is 0 Å². The van der Waals surface area contributed by atoms with Gasteiger partial charge in [0, 0.05) is 33.6 Å². The lowest BCUT2D eigenvalue weighted by atomic mass is 9.45. The molecule has 3 aliphatic heterocycles. The van der Waals surface area contributed by atoms with Crippen LogP contribution in [-0.2, 0) is 28.6 Å². The van der Waals surface area contributed by atoms with E-state index in [1.54, 1.807) is 0 Å². The zero-order valence-corrected chi connectivity index (χ0v) is 41.8. The number of carbonyl (C=O) groups is 3. The monoisotopic (exact) mass is 842 g/mol. The summed E-state index contributed by atoms with van der Waals surface area (Å²) in [4.78, 5) is 41.3. The average Bonchev–Trinajstić information content (AvgIpc) is 3.15. The minimum atomic E-state index is -0.771. The molecule has 2 N–H and O–H groups in total. The smallest absolute Gasteiger partial charge is 0.334 e. The van der Waals surface area contributed by atoms with Gasteiger partial charge in [0.05, 0.1) is 5.92 Å². The molecule has 3 rings (SSSR count). The Bertz CT molecular complexity index is 1640. The molecule has 7 nitrogen and oxygen atoms in total. The molecule has 3 saturated heterocycles. The fourth-order valence-electron chi connectivity index (χ4n) is 11.4. The topological polar surface area (TPSA) is 105 Å². The van der Waals surface area contributed by atoms with Crippen LogP contribution in [-0.4, -0.2) is 40.9 Å². The number of esters is 3. The van der Waals surface area contributed by atoms with Crippen molar-refractivity contribution in [2.24, 2.45) is 62.4 Å². The molecule has 3 fully saturated rings. The molecule has 3 heterocycles. The van der Waals surface area contributed by atoms with Gasteiger partial charge in [-0.15, -0.1) is 0 Å². The molecule has 0 bridgehead atoms. The van der Waals surface area contributed by atoms with Crippen LogP contribution in [0.25, 0.3) is 0 Å². The Morgan fingerprint density at radius 2 is 1.47 bits per heavy atom. The molecule has 0 radical (unpaired) electrons. The Labute approximate surface area is 366 Å². The van der Waals surface area contributed by atoms with Crippen molar-refractivity contribution in [3.63, 3.8) is 0 Å². The highest BCUT2D eigenvalue weighted by Gasteiger charge is 2.64. The predicted molar refractivity (Wildman–Crippen MR) is 247 cm³/mol. The molecule has 0 amide bonds. The van der Waals surface area contributed by atoms with Gasteiger partial charge in [0.25, 0.3) is 0 Å². The number of ether oxygens (including phenoxy) is 3. The molecule has 59 heavy (non-hydrogen) atoms. The van der Waals surface area contributed by atoms with Crippen molar-refractivity contribution in [3.05, 3.63) is 34.6 Å². The highest BCUT2D eigenvalue weighted by atomic mass is 32.1. The summed E-state index contributed by atoms with van der Waals surface area (Å²) in [5, 5.41) is 0. The van der Waals surface area contributed by atoms with Crippen molar-refractivity contribution in [1.82, 2.24) is 0 Å². The molecule has 0 aromatic rings. The Balaban J connectivity index is 2.18. The molecule has 0 aromatic heterocycles. The number of cyclic esters (lactones) is 3. The fraction of sp³-hybridized carbons (Fsp3) is 0.824. The number of nitrogens with two attached hydrogens (primary N) is 1. The zero-order chi connectivity index (χ0) is 45.3. The highest BCUT2D eigenvalue weighted by Crippen LogP contribution is 2.65. The first kappa shape index (κ1) is 51.3. The lowest BCUT2D eigenvalue weighted by Crippen LogP contribution is -2.64. The highest BCUT2D eigenvalue weighted by molar-refractivity contribution is 7.81. The summed E-state index contributed by atoms with van der Waals surface area (Å²) in [6, 6.07) is 0. The summed E-state index contributed by atoms with van der Waals surface area (Å²) in [6.07, 6.45) is 10.6. The maximum absolute atomic E-state index is 14.1. The molecule has 9 atom stereocenters. The third-order valence-corrected chi connectivity index (χ3v) is 18.8. The van der Waals surface area contributed by atoms with Crippen molar-refractivity contribution in [3.8, 4) is 0 Å². The van der Waals surface area contributed by atoms with Crippen molar-refractivity contribution in [1.29, 1.82) is 0 Å². The Kier molecular flexibility index (Phi) is 16.3. The Hall–Kier alpha value is -2.06. The molecule has 9 unspecified atom stereocenters. The molecular formula is C51H87NO6S. The van der Waals surface area contributed by atoms with Gasteiger partial charge in [0.15, 0.2) is 0 Å². The summed E-state index contributed by atoms with van der Waals surface area (Å²) in [6.45, 7) is 40.0. The van der Waals surface area contributed by atoms with Gasteiger partial charge in [-0.25, -0.2) is 9.59 Å². The number of hydrogen-bond acceptors (Lipinski definition) is 8. The summed E-state index contributed by atoms with van der Waals surface area (Å²) in [7, 11) is 0. The minimum absolute atomic E-state index is 0.0490. The van der Waals surface area contributed by atoms with Gasteiger partial charge < -0.3 is 19.9 Å². The second-order valence-electron chi connectivity index (χ2n) is 22.2. The van der Waals surface area contributed by atoms with Gasteiger partial charge in [-0.1, -0.05) is 109 Å². The van der Waals surface area contributed by atoms with E-state index in [4.69, 9.17) is 32.6 Å². The van der Waals surface area contributed by atoms with Crippen LogP contribution in [0.4, 0.5) is 0 Å². The lowest BCUT2D eigenvalue weighted by molar-refractivity contribution is -0.190. The van der Waals surface area contributed by atoms with Gasteiger partial charge in [0.1, 0.15) is 17.5 Å². The number of rotatable bonds is 17. The van der Waals surface area contributed by atoms with Gasteiger partial charge in [-0.3, -0.25) is 4.79 Å². The maximum Gasteiger partial charge on any atom is 0.334 e. The van der Waals surface area contributed by atoms with E-state index in [-0.39, 0.29) is 41.1 Å². The van der Waals surface area contributed by atoms with Crippen LogP contribution in [0.3, 0.4) is 0 Å². The number of allylic oxidation sites excluding steroid dienone is 4. The number of carbonyl (C=O) groups excluding carboxylic acids is 3. The number of thiol groups is 1. The second-order valence-corrected chi connectivity index (χ2v) is 23.1. The SMILES string of the molecule is C/C=C1\CCC(C(C)(CC(C)(CC)C(C)(CN)C(CC(C)C)C2(C)CC/C(=C\C)C(=O)O2)C(C)(S)C(C)(C)C(C)C2CC/C(=C(\C)CC(C)(C)C(C)C)OC2=O)OC1=O. The van der Waals surface area contributed by atoms with Crippen LogP contribution in [0.15, 0.2) is 34.6 Å². The second kappa shape index (κ2) is 18.7. The van der Waals surface area contributed by atoms with Crippen molar-refractivity contribution in [2.75, 3.05) is 6.54 Å². The van der Waals surface area contributed by atoms with Crippen LogP contribution in [0, 0.1) is 56.7 Å². The third-order valence-electron chi connectivity index (χ3n) is 17.7. The predicted octanol–water partition coefficient (Wildman–Crippen LogP) is 12.8. The maximum atomic E-state index is 14.1. The Morgan fingerprint density at radius 3 is 1.93 bits per heavy atom. The van der Waals surface area contributed by atoms with Gasteiger partial charge in [-0.05, 0) is 138 Å². The van der Waals surface area contributed by atoms with Gasteiger partial charge in [-0.2, -0.15) is 12.6 Å². The largest absolute Gasteiger partial charge is 0.458 e. The van der Waals surface area contributed by atoms with Crippen molar-refractivity contribution in [2.45, 2.75) is 205 Å². The first-order valence-corrected chi connectivity index (χ1v) is 23.5.